The molecule has 1 aliphatic rings. The molecule has 0 atom stereocenters. The predicted octanol–water partition coefficient (Wildman–Crippen LogP) is 2.76. The quantitative estimate of drug-likeness (QED) is 0.847. The highest BCUT2D eigenvalue weighted by atomic mass is 35.5. The van der Waals surface area contributed by atoms with E-state index in [1.54, 1.807) is 21.9 Å². The van der Waals surface area contributed by atoms with Gasteiger partial charge < -0.3 is 20.2 Å². The second-order valence-corrected chi connectivity index (χ2v) is 6.81. The normalized spacial score (nSPS) is 14.1. The van der Waals surface area contributed by atoms with Crippen molar-refractivity contribution in [2.24, 2.45) is 0 Å². The van der Waals surface area contributed by atoms with Gasteiger partial charge in [0.05, 0.1) is 0 Å². The number of urea groups is 1. The lowest BCUT2D eigenvalue weighted by atomic mass is 10.1. The number of aromatic hydroxyl groups is 1. The highest BCUT2D eigenvalue weighted by Crippen LogP contribution is 2.15. The number of hydrogen-bond donors (Lipinski definition) is 2. The van der Waals surface area contributed by atoms with Crippen LogP contribution < -0.4 is 5.32 Å². The molecule has 0 radical (unpaired) electrons. The van der Waals surface area contributed by atoms with Gasteiger partial charge in [-0.25, -0.2) is 4.79 Å². The number of nitrogens with one attached hydrogen (secondary N) is 1. The maximum Gasteiger partial charge on any atom is 0.317 e. The Kier molecular flexibility index (Phi) is 6.19. The van der Waals surface area contributed by atoms with E-state index in [4.69, 9.17) is 11.6 Å². The molecule has 1 fully saturated rings. The summed E-state index contributed by atoms with van der Waals surface area (Å²) in [5, 5.41) is 12.9. The molecule has 0 spiro atoms. The SMILES string of the molecule is O=C(NCCc1ccccc1Cl)N1CCN(C(=O)c2ccc(O)cc2)CC1. The summed E-state index contributed by atoms with van der Waals surface area (Å²) in [6.07, 6.45) is 0.671. The zero-order valence-corrected chi connectivity index (χ0v) is 15.7. The number of benzene rings is 2. The third-order valence-corrected chi connectivity index (χ3v) is 4.97. The zero-order valence-electron chi connectivity index (χ0n) is 14.9. The van der Waals surface area contributed by atoms with Crippen LogP contribution in [0.4, 0.5) is 4.79 Å². The van der Waals surface area contributed by atoms with Crippen molar-refractivity contribution in [3.63, 3.8) is 0 Å². The monoisotopic (exact) mass is 387 g/mol. The Labute approximate surface area is 163 Å². The van der Waals surface area contributed by atoms with Gasteiger partial charge in [-0.3, -0.25) is 4.79 Å². The number of nitrogens with zero attached hydrogens (tertiary/aromatic N) is 2. The van der Waals surface area contributed by atoms with E-state index in [-0.39, 0.29) is 17.7 Å². The molecule has 27 heavy (non-hydrogen) atoms. The van der Waals surface area contributed by atoms with Gasteiger partial charge >= 0.3 is 6.03 Å². The molecular weight excluding hydrogens is 366 g/mol. The van der Waals surface area contributed by atoms with Crippen molar-refractivity contribution in [3.8, 4) is 5.75 Å². The minimum Gasteiger partial charge on any atom is -0.508 e. The molecule has 6 nitrogen and oxygen atoms in total. The Balaban J connectivity index is 1.44. The highest BCUT2D eigenvalue weighted by Gasteiger charge is 2.24. The van der Waals surface area contributed by atoms with E-state index >= 15 is 0 Å². The molecule has 2 N–H and O–H groups in total. The molecule has 0 unspecified atom stereocenters. The summed E-state index contributed by atoms with van der Waals surface area (Å²) in [7, 11) is 0. The number of carbonyl (C=O) groups is 2. The third-order valence-electron chi connectivity index (χ3n) is 4.60. The Morgan fingerprint density at radius 3 is 2.26 bits per heavy atom. The van der Waals surface area contributed by atoms with Crippen molar-refractivity contribution in [3.05, 3.63) is 64.7 Å². The molecule has 3 rings (SSSR count). The number of piperazine rings is 1. The largest absolute Gasteiger partial charge is 0.508 e. The van der Waals surface area contributed by atoms with E-state index in [2.05, 4.69) is 5.32 Å². The number of rotatable bonds is 4. The lowest BCUT2D eigenvalue weighted by Crippen LogP contribution is -2.53. The second-order valence-electron chi connectivity index (χ2n) is 6.40. The minimum absolute atomic E-state index is 0.0891. The molecule has 0 aliphatic carbocycles. The van der Waals surface area contributed by atoms with E-state index in [9.17, 15) is 14.7 Å². The van der Waals surface area contributed by atoms with Crippen molar-refractivity contribution >= 4 is 23.5 Å². The molecule has 1 heterocycles. The summed E-state index contributed by atoms with van der Waals surface area (Å²) in [5.74, 6) is 0.0404. The molecule has 142 valence electrons. The van der Waals surface area contributed by atoms with Crippen molar-refractivity contribution in [1.82, 2.24) is 15.1 Å². The van der Waals surface area contributed by atoms with Gasteiger partial charge in [-0.05, 0) is 42.3 Å². The molecule has 2 aromatic rings. The molecule has 0 aromatic heterocycles. The topological polar surface area (TPSA) is 72.9 Å². The standard InChI is InChI=1S/C20H22ClN3O3/c21-18-4-2-1-3-15(18)9-10-22-20(27)24-13-11-23(12-14-24)19(26)16-5-7-17(25)8-6-16/h1-8,25H,9-14H2,(H,22,27). The molecule has 3 amide bonds. The van der Waals surface area contributed by atoms with Gasteiger partial charge in [0, 0.05) is 43.3 Å². The van der Waals surface area contributed by atoms with Crippen LogP contribution in [0.2, 0.25) is 5.02 Å². The van der Waals surface area contributed by atoms with Gasteiger partial charge in [-0.15, -0.1) is 0 Å². The summed E-state index contributed by atoms with van der Waals surface area (Å²) in [6.45, 7) is 2.45. The molecule has 1 saturated heterocycles. The number of carbonyl (C=O) groups excluding carboxylic acids is 2. The molecule has 0 saturated carbocycles. The van der Waals surface area contributed by atoms with Crippen LogP contribution in [0.15, 0.2) is 48.5 Å². The van der Waals surface area contributed by atoms with E-state index in [1.165, 1.54) is 12.1 Å². The number of phenols is 1. The smallest absolute Gasteiger partial charge is 0.317 e. The molecule has 0 bridgehead atoms. The number of amides is 3. The van der Waals surface area contributed by atoms with Crippen molar-refractivity contribution in [2.75, 3.05) is 32.7 Å². The first kappa shape index (κ1) is 19.0. The van der Waals surface area contributed by atoms with Crippen LogP contribution in [0.3, 0.4) is 0 Å². The summed E-state index contributed by atoms with van der Waals surface area (Å²) < 4.78 is 0. The Hall–Kier alpha value is -2.73. The Morgan fingerprint density at radius 2 is 1.59 bits per heavy atom. The fourth-order valence-electron chi connectivity index (χ4n) is 3.02. The van der Waals surface area contributed by atoms with E-state index in [0.717, 1.165) is 5.56 Å². The van der Waals surface area contributed by atoms with E-state index in [0.29, 0.717) is 49.7 Å². The van der Waals surface area contributed by atoms with Gasteiger partial charge in [0.15, 0.2) is 0 Å². The molecule has 1 aliphatic heterocycles. The summed E-state index contributed by atoms with van der Waals surface area (Å²) >= 11 is 6.12. The van der Waals surface area contributed by atoms with Crippen LogP contribution in [0, 0.1) is 0 Å². The maximum atomic E-state index is 12.5. The van der Waals surface area contributed by atoms with Crippen LogP contribution in [-0.2, 0) is 6.42 Å². The van der Waals surface area contributed by atoms with Crippen LogP contribution in [0.25, 0.3) is 0 Å². The van der Waals surface area contributed by atoms with Crippen molar-refractivity contribution in [1.29, 1.82) is 0 Å². The van der Waals surface area contributed by atoms with Crippen molar-refractivity contribution < 1.29 is 14.7 Å². The first-order valence-electron chi connectivity index (χ1n) is 8.89. The van der Waals surface area contributed by atoms with Gasteiger partial charge in [-0.1, -0.05) is 29.8 Å². The van der Waals surface area contributed by atoms with Gasteiger partial charge in [0.2, 0.25) is 0 Å². The maximum absolute atomic E-state index is 12.5. The van der Waals surface area contributed by atoms with E-state index < -0.39 is 0 Å². The highest BCUT2D eigenvalue weighted by molar-refractivity contribution is 6.31. The second kappa shape index (κ2) is 8.77. The molecule has 2 aromatic carbocycles. The average Bonchev–Trinajstić information content (AvgIpc) is 2.69. The fraction of sp³-hybridized carbons (Fsp3) is 0.300. The van der Waals surface area contributed by atoms with E-state index in [1.807, 2.05) is 24.3 Å². The van der Waals surface area contributed by atoms with Gasteiger partial charge in [-0.2, -0.15) is 0 Å². The van der Waals surface area contributed by atoms with Gasteiger partial charge in [0.1, 0.15) is 5.75 Å². The number of halogens is 1. The summed E-state index contributed by atoms with van der Waals surface area (Å²) in [6, 6.07) is 13.7. The van der Waals surface area contributed by atoms with Crippen LogP contribution in [-0.4, -0.2) is 59.6 Å². The fourth-order valence-corrected chi connectivity index (χ4v) is 3.25. The summed E-state index contributed by atoms with van der Waals surface area (Å²) in [4.78, 5) is 28.2. The number of phenolic OH excluding ortho intramolecular Hbond substituents is 1. The van der Waals surface area contributed by atoms with Crippen LogP contribution in [0.1, 0.15) is 15.9 Å². The zero-order chi connectivity index (χ0) is 19.2. The Morgan fingerprint density at radius 1 is 0.963 bits per heavy atom. The van der Waals surface area contributed by atoms with Gasteiger partial charge in [0.25, 0.3) is 5.91 Å². The summed E-state index contributed by atoms with van der Waals surface area (Å²) in [5.41, 5.74) is 1.54. The predicted molar refractivity (Wildman–Crippen MR) is 104 cm³/mol. The van der Waals surface area contributed by atoms with Crippen LogP contribution in [0.5, 0.6) is 5.75 Å². The average molecular weight is 388 g/mol. The molecule has 7 heteroatoms. The van der Waals surface area contributed by atoms with Crippen LogP contribution >= 0.6 is 11.6 Å². The lowest BCUT2D eigenvalue weighted by molar-refractivity contribution is 0.0665. The van der Waals surface area contributed by atoms with Crippen molar-refractivity contribution in [2.45, 2.75) is 6.42 Å². The minimum atomic E-state index is -0.126. The Bertz CT molecular complexity index is 802. The first-order valence-corrected chi connectivity index (χ1v) is 9.27. The number of hydrogen-bond acceptors (Lipinski definition) is 3. The third kappa shape index (κ3) is 4.92. The first-order chi connectivity index (χ1) is 13.0. The lowest BCUT2D eigenvalue weighted by Gasteiger charge is -2.34. The molecular formula is C20H22ClN3O3.